The van der Waals surface area contributed by atoms with Gasteiger partial charge in [-0.3, -0.25) is 9.59 Å². The van der Waals surface area contributed by atoms with Crippen LogP contribution in [0.4, 0.5) is 13.2 Å². The number of hydrogen-bond donors (Lipinski definition) is 0. The molecular weight excluding hydrogens is 399 g/mol. The van der Waals surface area contributed by atoms with E-state index >= 15 is 0 Å². The molecule has 2 amide bonds. The van der Waals surface area contributed by atoms with Crippen LogP contribution >= 0.6 is 0 Å². The molecule has 0 aromatic carbocycles. The van der Waals surface area contributed by atoms with Gasteiger partial charge in [0.25, 0.3) is 0 Å². The maximum Gasteiger partial charge on any atom is 0.433 e. The quantitative estimate of drug-likeness (QED) is 0.761. The first kappa shape index (κ1) is 20.6. The van der Waals surface area contributed by atoms with Crippen molar-refractivity contribution < 1.29 is 22.8 Å². The highest BCUT2D eigenvalue weighted by atomic mass is 19.4. The van der Waals surface area contributed by atoms with Crippen LogP contribution in [-0.2, 0) is 15.8 Å². The molecular formula is C20H24F3N5O2. The molecule has 2 aliphatic rings. The summed E-state index contributed by atoms with van der Waals surface area (Å²) < 4.78 is 41.6. The van der Waals surface area contributed by atoms with Gasteiger partial charge in [0, 0.05) is 50.8 Å². The maximum absolute atomic E-state index is 13.6. The normalized spacial score (nSPS) is 22.7. The van der Waals surface area contributed by atoms with E-state index in [2.05, 4.69) is 10.1 Å². The Morgan fingerprint density at radius 3 is 2.57 bits per heavy atom. The van der Waals surface area contributed by atoms with E-state index in [1.54, 1.807) is 36.8 Å². The molecule has 2 aromatic rings. The number of nitrogens with zero attached hydrogens (tertiary/aromatic N) is 5. The van der Waals surface area contributed by atoms with Crippen LogP contribution in [0, 0.1) is 5.92 Å². The number of rotatable bonds is 3. The van der Waals surface area contributed by atoms with Crippen molar-refractivity contribution in [2.24, 2.45) is 5.92 Å². The van der Waals surface area contributed by atoms with Crippen molar-refractivity contribution in [3.05, 3.63) is 29.2 Å². The summed E-state index contributed by atoms with van der Waals surface area (Å²) in [4.78, 5) is 32.1. The molecule has 0 spiro atoms. The smallest absolute Gasteiger partial charge is 0.345 e. The third-order valence-electron chi connectivity index (χ3n) is 5.96. The van der Waals surface area contributed by atoms with Gasteiger partial charge in [0.05, 0.1) is 11.6 Å². The van der Waals surface area contributed by atoms with E-state index in [1.165, 1.54) is 0 Å². The van der Waals surface area contributed by atoms with E-state index in [4.69, 9.17) is 0 Å². The summed E-state index contributed by atoms with van der Waals surface area (Å²) in [5.41, 5.74) is 0.181. The zero-order valence-electron chi connectivity index (χ0n) is 17.1. The van der Waals surface area contributed by atoms with E-state index in [0.29, 0.717) is 37.4 Å². The number of carbonyl (C=O) groups excluding carboxylic acids is 2. The van der Waals surface area contributed by atoms with E-state index in [0.717, 1.165) is 10.6 Å². The maximum atomic E-state index is 13.6. The largest absolute Gasteiger partial charge is 0.433 e. The van der Waals surface area contributed by atoms with Gasteiger partial charge < -0.3 is 9.80 Å². The standard InChI is InChI=1S/C20H24F3N5O2/c1-11(2)14-7-16(20(21,22)23)28-17(24-14)8-15(25-28)12-4-5-27(10-12)19(30)13-6-18(29)26(3)9-13/h7-8,11-13H,4-6,9-10H2,1-3H3/t12-,13-/m0/s1. The first-order valence-corrected chi connectivity index (χ1v) is 10.0. The molecule has 30 heavy (non-hydrogen) atoms. The van der Waals surface area contributed by atoms with Gasteiger partial charge in [0.1, 0.15) is 5.69 Å². The minimum absolute atomic E-state index is 0.0452. The number of likely N-dealkylation sites (tertiary alicyclic amines) is 2. The highest BCUT2D eigenvalue weighted by Crippen LogP contribution is 2.34. The van der Waals surface area contributed by atoms with Crippen LogP contribution < -0.4 is 0 Å². The van der Waals surface area contributed by atoms with Crippen LogP contribution in [0.2, 0.25) is 0 Å². The lowest BCUT2D eigenvalue weighted by Crippen LogP contribution is -2.35. The predicted molar refractivity (Wildman–Crippen MR) is 102 cm³/mol. The Balaban J connectivity index is 1.58. The van der Waals surface area contributed by atoms with Crippen molar-refractivity contribution in [2.45, 2.75) is 44.7 Å². The molecule has 0 aliphatic carbocycles. The lowest BCUT2D eigenvalue weighted by Gasteiger charge is -2.20. The van der Waals surface area contributed by atoms with Crippen molar-refractivity contribution in [3.63, 3.8) is 0 Å². The van der Waals surface area contributed by atoms with Gasteiger partial charge in [-0.15, -0.1) is 0 Å². The Bertz CT molecular complexity index is 1000. The third kappa shape index (κ3) is 3.63. The molecule has 2 fully saturated rings. The second-order valence-corrected chi connectivity index (χ2v) is 8.50. The number of hydrogen-bond acceptors (Lipinski definition) is 4. The summed E-state index contributed by atoms with van der Waals surface area (Å²) in [5, 5.41) is 4.21. The van der Waals surface area contributed by atoms with Crippen LogP contribution in [0.15, 0.2) is 12.1 Å². The van der Waals surface area contributed by atoms with Gasteiger partial charge in [-0.25, -0.2) is 9.50 Å². The molecule has 4 rings (SSSR count). The molecule has 162 valence electrons. The van der Waals surface area contributed by atoms with Crippen LogP contribution in [0.3, 0.4) is 0 Å². The van der Waals surface area contributed by atoms with Crippen LogP contribution in [0.25, 0.3) is 5.65 Å². The van der Waals surface area contributed by atoms with Gasteiger partial charge >= 0.3 is 6.18 Å². The summed E-state index contributed by atoms with van der Waals surface area (Å²) in [5.74, 6) is -0.781. The van der Waals surface area contributed by atoms with Gasteiger partial charge in [0.2, 0.25) is 11.8 Å². The van der Waals surface area contributed by atoms with Gasteiger partial charge in [-0.1, -0.05) is 13.8 Å². The number of halogens is 3. The van der Waals surface area contributed by atoms with E-state index < -0.39 is 11.9 Å². The summed E-state index contributed by atoms with van der Waals surface area (Å²) >= 11 is 0. The summed E-state index contributed by atoms with van der Waals surface area (Å²) in [6, 6.07) is 2.64. The first-order valence-electron chi connectivity index (χ1n) is 10.0. The molecule has 2 aromatic heterocycles. The first-order chi connectivity index (χ1) is 14.0. The Morgan fingerprint density at radius 2 is 1.97 bits per heavy atom. The van der Waals surface area contributed by atoms with E-state index in [1.807, 2.05) is 0 Å². The number of aromatic nitrogens is 3. The molecule has 0 unspecified atom stereocenters. The number of amides is 2. The Morgan fingerprint density at radius 1 is 1.23 bits per heavy atom. The van der Waals surface area contributed by atoms with Crippen LogP contribution in [-0.4, -0.2) is 62.9 Å². The Hall–Kier alpha value is -2.65. The summed E-state index contributed by atoms with van der Waals surface area (Å²) in [7, 11) is 1.68. The molecule has 0 N–H and O–H groups in total. The molecule has 4 heterocycles. The van der Waals surface area contributed by atoms with Gasteiger partial charge in [0.15, 0.2) is 5.65 Å². The Kier molecular flexibility index (Phi) is 4.98. The average molecular weight is 423 g/mol. The fraction of sp³-hybridized carbons (Fsp3) is 0.600. The number of fused-ring (bicyclic) bond motifs is 1. The van der Waals surface area contributed by atoms with E-state index in [9.17, 15) is 22.8 Å². The second-order valence-electron chi connectivity index (χ2n) is 8.50. The van der Waals surface area contributed by atoms with Gasteiger partial charge in [-0.2, -0.15) is 18.3 Å². The predicted octanol–water partition coefficient (Wildman–Crippen LogP) is 2.67. The molecule has 2 saturated heterocycles. The van der Waals surface area contributed by atoms with Crippen molar-refractivity contribution in [2.75, 3.05) is 26.7 Å². The minimum atomic E-state index is -4.55. The average Bonchev–Trinajstić information content (AvgIpc) is 3.37. The summed E-state index contributed by atoms with van der Waals surface area (Å²) in [6.07, 6.45) is -3.72. The molecule has 2 aliphatic heterocycles. The molecule has 10 heteroatoms. The van der Waals surface area contributed by atoms with Gasteiger partial charge in [-0.05, 0) is 18.4 Å². The lowest BCUT2D eigenvalue weighted by molar-refractivity contribution is -0.142. The van der Waals surface area contributed by atoms with Crippen LogP contribution in [0.1, 0.15) is 55.6 Å². The van der Waals surface area contributed by atoms with Crippen molar-refractivity contribution >= 4 is 17.5 Å². The lowest BCUT2D eigenvalue weighted by atomic mass is 10.1. The molecule has 0 radical (unpaired) electrons. The third-order valence-corrected chi connectivity index (χ3v) is 5.96. The topological polar surface area (TPSA) is 70.8 Å². The van der Waals surface area contributed by atoms with Crippen molar-refractivity contribution in [1.29, 1.82) is 0 Å². The number of alkyl halides is 3. The van der Waals surface area contributed by atoms with Crippen molar-refractivity contribution in [1.82, 2.24) is 24.4 Å². The van der Waals surface area contributed by atoms with E-state index in [-0.39, 0.29) is 41.6 Å². The minimum Gasteiger partial charge on any atom is -0.345 e. The zero-order chi connectivity index (χ0) is 21.8. The SMILES string of the molecule is CC(C)c1cc(C(F)(F)F)n2nc([C@H]3CCN(C(=O)[C@H]4CC(=O)N(C)C4)C3)cc2n1. The fourth-order valence-electron chi connectivity index (χ4n) is 4.20. The highest BCUT2D eigenvalue weighted by molar-refractivity contribution is 5.89. The van der Waals surface area contributed by atoms with Crippen LogP contribution in [0.5, 0.6) is 0 Å². The van der Waals surface area contributed by atoms with Crippen molar-refractivity contribution in [3.8, 4) is 0 Å². The zero-order valence-corrected chi connectivity index (χ0v) is 17.1. The molecule has 0 saturated carbocycles. The number of carbonyl (C=O) groups is 2. The fourth-order valence-corrected chi connectivity index (χ4v) is 4.20. The molecule has 2 atom stereocenters. The molecule has 7 nitrogen and oxygen atoms in total. The Labute approximate surface area is 171 Å². The second kappa shape index (κ2) is 7.24. The summed E-state index contributed by atoms with van der Waals surface area (Å²) in [6.45, 7) is 4.88. The highest BCUT2D eigenvalue weighted by Gasteiger charge is 2.39. The monoisotopic (exact) mass is 423 g/mol. The molecule has 0 bridgehead atoms.